The van der Waals surface area contributed by atoms with Crippen molar-refractivity contribution in [2.75, 3.05) is 30.3 Å². The lowest BCUT2D eigenvalue weighted by atomic mass is 10.1. The summed E-state index contributed by atoms with van der Waals surface area (Å²) in [6.45, 7) is 8.33. The maximum atomic E-state index is 12.0. The largest absolute Gasteiger partial charge is 0.397 e. The van der Waals surface area contributed by atoms with Crippen LogP contribution in [0, 0.1) is 5.92 Å². The molecule has 1 aromatic rings. The zero-order valence-corrected chi connectivity index (χ0v) is 12.9. The van der Waals surface area contributed by atoms with Crippen molar-refractivity contribution in [1.82, 2.24) is 5.32 Å². The van der Waals surface area contributed by atoms with Gasteiger partial charge in [0.15, 0.2) is 0 Å². The van der Waals surface area contributed by atoms with Gasteiger partial charge < -0.3 is 16.0 Å². The lowest BCUT2D eigenvalue weighted by Gasteiger charge is -2.25. The monoisotopic (exact) mass is 277 g/mol. The molecular formula is C16H27N3O. The van der Waals surface area contributed by atoms with E-state index >= 15 is 0 Å². The van der Waals surface area contributed by atoms with Crippen molar-refractivity contribution < 1.29 is 4.79 Å². The van der Waals surface area contributed by atoms with Gasteiger partial charge in [0.2, 0.25) is 5.91 Å². The molecule has 0 aliphatic heterocycles. The number of nitrogen functional groups attached to an aromatic ring is 1. The first kappa shape index (κ1) is 16.3. The van der Waals surface area contributed by atoms with Crippen molar-refractivity contribution in [2.45, 2.75) is 33.6 Å². The summed E-state index contributed by atoms with van der Waals surface area (Å²) in [5, 5.41) is 2.97. The lowest BCUT2D eigenvalue weighted by molar-refractivity contribution is -0.119. The Hall–Kier alpha value is -1.71. The van der Waals surface area contributed by atoms with Crippen molar-refractivity contribution >= 4 is 17.3 Å². The Morgan fingerprint density at radius 1 is 1.35 bits per heavy atom. The summed E-state index contributed by atoms with van der Waals surface area (Å²) in [5.41, 5.74) is 7.65. The molecule has 1 rings (SSSR count). The van der Waals surface area contributed by atoms with Crippen molar-refractivity contribution in [3.05, 3.63) is 24.3 Å². The van der Waals surface area contributed by atoms with Gasteiger partial charge in [-0.1, -0.05) is 32.9 Å². The standard InChI is InChI=1S/C16H27N3O/c1-4-11-19(15-8-6-5-7-14(15)17)12-16(20)18-10-9-13(2)3/h5-8,13H,4,9-12,17H2,1-3H3,(H,18,20). The number of carbonyl (C=O) groups excluding carboxylic acids is 1. The Balaban J connectivity index is 2.59. The third kappa shape index (κ3) is 5.51. The second-order valence-electron chi connectivity index (χ2n) is 5.51. The van der Waals surface area contributed by atoms with Crippen molar-refractivity contribution in [1.29, 1.82) is 0 Å². The molecule has 20 heavy (non-hydrogen) atoms. The van der Waals surface area contributed by atoms with E-state index in [2.05, 4.69) is 26.1 Å². The summed E-state index contributed by atoms with van der Waals surface area (Å²) in [6, 6.07) is 7.69. The topological polar surface area (TPSA) is 58.4 Å². The summed E-state index contributed by atoms with van der Waals surface area (Å²) in [4.78, 5) is 14.0. The second-order valence-corrected chi connectivity index (χ2v) is 5.51. The quantitative estimate of drug-likeness (QED) is 0.718. The van der Waals surface area contributed by atoms with Gasteiger partial charge in [-0.3, -0.25) is 4.79 Å². The summed E-state index contributed by atoms with van der Waals surface area (Å²) in [7, 11) is 0. The molecule has 0 saturated carbocycles. The Morgan fingerprint density at radius 2 is 2.05 bits per heavy atom. The van der Waals surface area contributed by atoms with Gasteiger partial charge in [-0.25, -0.2) is 0 Å². The van der Waals surface area contributed by atoms with Crippen LogP contribution in [0.3, 0.4) is 0 Å². The molecule has 1 aromatic carbocycles. The fraction of sp³-hybridized carbons (Fsp3) is 0.562. The molecular weight excluding hydrogens is 250 g/mol. The van der Waals surface area contributed by atoms with E-state index in [4.69, 9.17) is 5.73 Å². The SMILES string of the molecule is CCCN(CC(=O)NCCC(C)C)c1ccccc1N. The van der Waals surface area contributed by atoms with Gasteiger partial charge in [0.1, 0.15) is 0 Å². The van der Waals surface area contributed by atoms with Crippen LogP contribution in [0.5, 0.6) is 0 Å². The molecule has 112 valence electrons. The molecule has 0 fully saturated rings. The molecule has 0 saturated heterocycles. The van der Waals surface area contributed by atoms with Crippen molar-refractivity contribution in [2.24, 2.45) is 5.92 Å². The highest BCUT2D eigenvalue weighted by Crippen LogP contribution is 2.22. The first-order chi connectivity index (χ1) is 9.54. The van der Waals surface area contributed by atoms with E-state index in [0.717, 1.165) is 37.3 Å². The van der Waals surface area contributed by atoms with Gasteiger partial charge in [-0.05, 0) is 30.9 Å². The van der Waals surface area contributed by atoms with Crippen molar-refractivity contribution in [3.8, 4) is 0 Å². The maximum absolute atomic E-state index is 12.0. The van der Waals surface area contributed by atoms with Gasteiger partial charge in [0, 0.05) is 13.1 Å². The number of nitrogens with two attached hydrogens (primary N) is 1. The van der Waals surface area contributed by atoms with Crippen LogP contribution in [-0.2, 0) is 4.79 Å². The average Bonchev–Trinajstić information content (AvgIpc) is 2.38. The minimum absolute atomic E-state index is 0.0577. The number of carbonyl (C=O) groups is 1. The highest BCUT2D eigenvalue weighted by atomic mass is 16.2. The number of anilines is 2. The zero-order valence-electron chi connectivity index (χ0n) is 12.9. The first-order valence-corrected chi connectivity index (χ1v) is 7.40. The summed E-state index contributed by atoms with van der Waals surface area (Å²) in [5.74, 6) is 0.661. The van der Waals surface area contributed by atoms with Gasteiger partial charge >= 0.3 is 0 Å². The molecule has 0 heterocycles. The fourth-order valence-corrected chi connectivity index (χ4v) is 2.06. The third-order valence-electron chi connectivity index (χ3n) is 3.15. The number of para-hydroxylation sites is 2. The molecule has 0 unspecified atom stereocenters. The molecule has 3 N–H and O–H groups in total. The zero-order chi connectivity index (χ0) is 15.0. The number of hydrogen-bond donors (Lipinski definition) is 2. The van der Waals surface area contributed by atoms with E-state index in [0.29, 0.717) is 12.5 Å². The fourth-order valence-electron chi connectivity index (χ4n) is 2.06. The van der Waals surface area contributed by atoms with Crippen LogP contribution >= 0.6 is 0 Å². The molecule has 0 aliphatic carbocycles. The van der Waals surface area contributed by atoms with Crippen LogP contribution in [-0.4, -0.2) is 25.5 Å². The highest BCUT2D eigenvalue weighted by molar-refractivity contribution is 5.83. The van der Waals surface area contributed by atoms with E-state index in [1.54, 1.807) is 0 Å². The van der Waals surface area contributed by atoms with E-state index < -0.39 is 0 Å². The van der Waals surface area contributed by atoms with Gasteiger partial charge in [-0.15, -0.1) is 0 Å². The Kier molecular flexibility index (Phi) is 6.91. The predicted molar refractivity (Wildman–Crippen MR) is 85.8 cm³/mol. The molecule has 4 heteroatoms. The molecule has 0 atom stereocenters. The average molecular weight is 277 g/mol. The Bertz CT molecular complexity index is 418. The van der Waals surface area contributed by atoms with E-state index in [9.17, 15) is 4.79 Å². The molecule has 0 radical (unpaired) electrons. The minimum atomic E-state index is 0.0577. The molecule has 4 nitrogen and oxygen atoms in total. The molecule has 0 spiro atoms. The molecule has 1 amide bonds. The minimum Gasteiger partial charge on any atom is -0.397 e. The smallest absolute Gasteiger partial charge is 0.239 e. The first-order valence-electron chi connectivity index (χ1n) is 7.40. The van der Waals surface area contributed by atoms with Crippen LogP contribution in [0.1, 0.15) is 33.6 Å². The van der Waals surface area contributed by atoms with E-state index in [1.807, 2.05) is 29.2 Å². The van der Waals surface area contributed by atoms with Crippen LogP contribution in [0.2, 0.25) is 0 Å². The number of benzene rings is 1. The maximum Gasteiger partial charge on any atom is 0.239 e. The molecule has 0 bridgehead atoms. The number of rotatable bonds is 8. The van der Waals surface area contributed by atoms with Gasteiger partial charge in [0.05, 0.1) is 17.9 Å². The van der Waals surface area contributed by atoms with Crippen molar-refractivity contribution in [3.63, 3.8) is 0 Å². The predicted octanol–water partition coefficient (Wildman–Crippen LogP) is 2.65. The summed E-state index contributed by atoms with van der Waals surface area (Å²) in [6.07, 6.45) is 1.99. The van der Waals surface area contributed by atoms with Gasteiger partial charge in [0.25, 0.3) is 0 Å². The molecule has 0 aliphatic rings. The van der Waals surface area contributed by atoms with Crippen LogP contribution in [0.15, 0.2) is 24.3 Å². The number of nitrogens with zero attached hydrogens (tertiary/aromatic N) is 1. The Morgan fingerprint density at radius 3 is 2.65 bits per heavy atom. The second kappa shape index (κ2) is 8.46. The summed E-state index contributed by atoms with van der Waals surface area (Å²) < 4.78 is 0. The van der Waals surface area contributed by atoms with E-state index in [-0.39, 0.29) is 5.91 Å². The van der Waals surface area contributed by atoms with Crippen LogP contribution in [0.4, 0.5) is 11.4 Å². The van der Waals surface area contributed by atoms with E-state index in [1.165, 1.54) is 0 Å². The van der Waals surface area contributed by atoms with Gasteiger partial charge in [-0.2, -0.15) is 0 Å². The highest BCUT2D eigenvalue weighted by Gasteiger charge is 2.12. The Labute approximate surface area is 122 Å². The van der Waals surface area contributed by atoms with Crippen LogP contribution < -0.4 is 16.0 Å². The third-order valence-corrected chi connectivity index (χ3v) is 3.15. The number of hydrogen-bond acceptors (Lipinski definition) is 3. The lowest BCUT2D eigenvalue weighted by Crippen LogP contribution is -2.38. The number of nitrogens with one attached hydrogen (secondary N) is 1. The number of amides is 1. The normalized spacial score (nSPS) is 10.6. The molecule has 0 aromatic heterocycles. The summed E-state index contributed by atoms with van der Waals surface area (Å²) >= 11 is 0. The van der Waals surface area contributed by atoms with Crippen LogP contribution in [0.25, 0.3) is 0 Å².